The van der Waals surface area contributed by atoms with E-state index in [4.69, 9.17) is 9.26 Å². The van der Waals surface area contributed by atoms with Crippen LogP contribution < -0.4 is 26.6 Å². The van der Waals surface area contributed by atoms with Gasteiger partial charge in [-0.2, -0.15) is 0 Å². The number of carbonyl (C=O) groups excluding carboxylic acids is 6. The lowest BCUT2D eigenvalue weighted by atomic mass is 9.96. The highest BCUT2D eigenvalue weighted by Gasteiger charge is 2.33. The number of nitrogens with zero attached hydrogens (tertiary/aromatic N) is 1. The van der Waals surface area contributed by atoms with E-state index in [0.29, 0.717) is 18.7 Å². The number of rotatable bonds is 17. The number of aryl methyl sites for hydroxylation is 1. The van der Waals surface area contributed by atoms with E-state index in [1.54, 1.807) is 20.8 Å². The number of benzene rings is 1. The Hall–Kier alpha value is -5.01. The fourth-order valence-electron chi connectivity index (χ4n) is 5.20. The molecule has 5 atom stereocenters. The Bertz CT molecular complexity index is 1490. The summed E-state index contributed by atoms with van der Waals surface area (Å²) in [5.41, 5.74) is 0.837. The molecule has 1 saturated heterocycles. The second-order valence-corrected chi connectivity index (χ2v) is 13.0. The molecule has 0 aliphatic carbocycles. The van der Waals surface area contributed by atoms with Crippen LogP contribution in [0.1, 0.15) is 83.1 Å². The Kier molecular flexibility index (Phi) is 16.3. The predicted octanol–water partition coefficient (Wildman–Crippen LogP) is 2.72. The zero-order chi connectivity index (χ0) is 36.1. The molecule has 1 fully saturated rings. The summed E-state index contributed by atoms with van der Waals surface area (Å²) in [5.74, 6) is -3.35. The van der Waals surface area contributed by atoms with Crippen molar-refractivity contribution < 1.29 is 38.0 Å². The van der Waals surface area contributed by atoms with Crippen molar-refractivity contribution in [3.63, 3.8) is 0 Å². The van der Waals surface area contributed by atoms with Gasteiger partial charge in [0.15, 0.2) is 5.69 Å². The summed E-state index contributed by atoms with van der Waals surface area (Å²) in [5, 5.41) is 17.3. The standard InChI is InChI=1S/C35H48N6O8.CH4/c1-20(2)16-27(39-35(47)30(21(3)4)40-31(43)23(6)37-34(46)28-17-22(5)49-41-28)33(45)38-26(18-25-14-15-36-32(25)44)12-13-29(42)48-19-24-10-8-7-9-11-24;/h7-13,17,20-21,23,25-27,30H,14-16,18-19H2,1-6H3,(H,36,44)(H,37,46)(H,38,45)(H,39,47)(H,40,43);1H4. The molecule has 14 heteroatoms. The SMILES string of the molecule is C.Cc1cc(C(=O)NC(C)C(=O)NC(C(=O)NC(CC(C)C)C(=O)NC(C=CC(=O)OCc2ccccc2)CC2CCNC2=O)C(C)C)no1. The first-order chi connectivity index (χ1) is 23.2. The third kappa shape index (κ3) is 13.1. The molecule has 0 bridgehead atoms. The summed E-state index contributed by atoms with van der Waals surface area (Å²) in [6.07, 6.45) is 3.82. The van der Waals surface area contributed by atoms with Crippen LogP contribution in [0.15, 0.2) is 53.1 Å². The smallest absolute Gasteiger partial charge is 0.330 e. The largest absolute Gasteiger partial charge is 0.458 e. The van der Waals surface area contributed by atoms with E-state index in [2.05, 4.69) is 31.7 Å². The van der Waals surface area contributed by atoms with Crippen LogP contribution in [0.2, 0.25) is 0 Å². The van der Waals surface area contributed by atoms with Gasteiger partial charge in [-0.25, -0.2) is 4.79 Å². The molecule has 1 aromatic carbocycles. The van der Waals surface area contributed by atoms with Crippen LogP contribution in [0.25, 0.3) is 0 Å². The van der Waals surface area contributed by atoms with Gasteiger partial charge in [0.1, 0.15) is 30.5 Å². The first kappa shape index (κ1) is 41.2. The monoisotopic (exact) mass is 696 g/mol. The van der Waals surface area contributed by atoms with E-state index in [-0.39, 0.29) is 56.2 Å². The van der Waals surface area contributed by atoms with E-state index in [9.17, 15) is 28.8 Å². The summed E-state index contributed by atoms with van der Waals surface area (Å²) in [6, 6.07) is 6.89. The van der Waals surface area contributed by atoms with Crippen molar-refractivity contribution in [1.29, 1.82) is 0 Å². The highest BCUT2D eigenvalue weighted by atomic mass is 16.5. The summed E-state index contributed by atoms with van der Waals surface area (Å²) >= 11 is 0. The van der Waals surface area contributed by atoms with Gasteiger partial charge in [0.25, 0.3) is 5.91 Å². The molecule has 1 aliphatic heterocycles. The highest BCUT2D eigenvalue weighted by molar-refractivity contribution is 5.97. The van der Waals surface area contributed by atoms with Crippen LogP contribution in [0.3, 0.4) is 0 Å². The zero-order valence-electron chi connectivity index (χ0n) is 28.9. The van der Waals surface area contributed by atoms with E-state index >= 15 is 0 Å². The molecule has 14 nitrogen and oxygen atoms in total. The number of aromatic nitrogens is 1. The van der Waals surface area contributed by atoms with Crippen LogP contribution >= 0.6 is 0 Å². The molecule has 2 aromatic rings. The zero-order valence-corrected chi connectivity index (χ0v) is 28.9. The molecule has 2 heterocycles. The molecule has 50 heavy (non-hydrogen) atoms. The molecule has 274 valence electrons. The first-order valence-electron chi connectivity index (χ1n) is 16.5. The molecule has 1 aromatic heterocycles. The second kappa shape index (κ2) is 19.9. The van der Waals surface area contributed by atoms with E-state index < -0.39 is 53.8 Å². The van der Waals surface area contributed by atoms with Crippen molar-refractivity contribution in [2.24, 2.45) is 17.8 Å². The van der Waals surface area contributed by atoms with Crippen molar-refractivity contribution in [2.45, 2.75) is 99.0 Å². The van der Waals surface area contributed by atoms with Gasteiger partial charge in [0.05, 0.1) is 0 Å². The average molecular weight is 697 g/mol. The Balaban J connectivity index is 0.00000867. The molecule has 1 aliphatic rings. The molecule has 0 spiro atoms. The van der Waals surface area contributed by atoms with Crippen molar-refractivity contribution in [1.82, 2.24) is 31.7 Å². The molecular weight excluding hydrogens is 644 g/mol. The number of esters is 1. The quantitative estimate of drug-likeness (QED) is 0.122. The molecular formula is C36H52N6O8. The van der Waals surface area contributed by atoms with Gasteiger partial charge in [-0.1, -0.05) is 76.7 Å². The average Bonchev–Trinajstić information content (AvgIpc) is 3.68. The Morgan fingerprint density at radius 1 is 0.980 bits per heavy atom. The van der Waals surface area contributed by atoms with Crippen molar-refractivity contribution in [2.75, 3.05) is 6.54 Å². The van der Waals surface area contributed by atoms with Crippen LogP contribution in [0.5, 0.6) is 0 Å². The molecule has 3 rings (SSSR count). The second-order valence-electron chi connectivity index (χ2n) is 13.0. The minimum absolute atomic E-state index is 0. The number of ether oxygens (including phenoxy) is 1. The van der Waals surface area contributed by atoms with Gasteiger partial charge in [0, 0.05) is 30.6 Å². The van der Waals surface area contributed by atoms with Crippen LogP contribution in [-0.4, -0.2) is 71.4 Å². The number of hydrogen-bond donors (Lipinski definition) is 5. The highest BCUT2D eigenvalue weighted by Crippen LogP contribution is 2.18. The third-order valence-electron chi connectivity index (χ3n) is 7.91. The van der Waals surface area contributed by atoms with Crippen LogP contribution in [-0.2, 0) is 35.3 Å². The lowest BCUT2D eigenvalue weighted by Crippen LogP contribution is -2.58. The molecule has 5 amide bonds. The van der Waals surface area contributed by atoms with Crippen molar-refractivity contribution >= 4 is 35.5 Å². The lowest BCUT2D eigenvalue weighted by molar-refractivity contribution is -0.139. The van der Waals surface area contributed by atoms with Crippen molar-refractivity contribution in [3.05, 3.63) is 65.6 Å². The summed E-state index contributed by atoms with van der Waals surface area (Å²) < 4.78 is 10.2. The number of hydrogen-bond acceptors (Lipinski definition) is 9. The maximum atomic E-state index is 13.7. The van der Waals surface area contributed by atoms with Gasteiger partial charge in [-0.3, -0.25) is 24.0 Å². The van der Waals surface area contributed by atoms with Gasteiger partial charge < -0.3 is 35.8 Å². The predicted molar refractivity (Wildman–Crippen MR) is 186 cm³/mol. The summed E-state index contributed by atoms with van der Waals surface area (Å²) in [4.78, 5) is 77.6. The maximum absolute atomic E-state index is 13.7. The fourth-order valence-corrected chi connectivity index (χ4v) is 5.20. The van der Waals surface area contributed by atoms with Gasteiger partial charge in [0.2, 0.25) is 23.6 Å². The van der Waals surface area contributed by atoms with Crippen molar-refractivity contribution in [3.8, 4) is 0 Å². The third-order valence-corrected chi connectivity index (χ3v) is 7.91. The minimum atomic E-state index is -1.03. The van der Waals surface area contributed by atoms with E-state index in [1.165, 1.54) is 25.1 Å². The van der Waals surface area contributed by atoms with E-state index in [1.807, 2.05) is 44.2 Å². The van der Waals surface area contributed by atoms with Crippen LogP contribution in [0.4, 0.5) is 0 Å². The summed E-state index contributed by atoms with van der Waals surface area (Å²) in [7, 11) is 0. The number of amides is 5. The maximum Gasteiger partial charge on any atom is 0.330 e. The first-order valence-corrected chi connectivity index (χ1v) is 16.5. The Morgan fingerprint density at radius 2 is 1.68 bits per heavy atom. The fraction of sp³-hybridized carbons (Fsp3) is 0.528. The minimum Gasteiger partial charge on any atom is -0.458 e. The summed E-state index contributed by atoms with van der Waals surface area (Å²) in [6.45, 7) is 11.0. The molecule has 5 unspecified atom stereocenters. The topological polar surface area (TPSA) is 198 Å². The van der Waals surface area contributed by atoms with Gasteiger partial charge >= 0.3 is 5.97 Å². The Morgan fingerprint density at radius 3 is 2.26 bits per heavy atom. The number of carbonyl (C=O) groups is 6. The molecule has 5 N–H and O–H groups in total. The van der Waals surface area contributed by atoms with E-state index in [0.717, 1.165) is 5.56 Å². The molecule has 0 radical (unpaired) electrons. The van der Waals surface area contributed by atoms with Gasteiger partial charge in [-0.15, -0.1) is 0 Å². The number of nitrogens with one attached hydrogen (secondary N) is 5. The normalized spacial score (nSPS) is 16.5. The Labute approximate surface area is 293 Å². The van der Waals surface area contributed by atoms with Gasteiger partial charge in [-0.05, 0) is 50.5 Å². The van der Waals surface area contributed by atoms with Crippen LogP contribution in [0, 0.1) is 24.7 Å². The molecule has 0 saturated carbocycles. The lowest BCUT2D eigenvalue weighted by Gasteiger charge is -2.28.